The van der Waals surface area contributed by atoms with Crippen molar-refractivity contribution in [2.45, 2.75) is 38.7 Å². The average Bonchev–Trinajstić information content (AvgIpc) is 3.23. The molecule has 2 rings (SSSR count). The highest BCUT2D eigenvalue weighted by Crippen LogP contribution is 2.38. The predicted octanol–water partition coefficient (Wildman–Crippen LogP) is 4.88. The van der Waals surface area contributed by atoms with Crippen molar-refractivity contribution in [3.8, 4) is 5.75 Å². The second-order valence-electron chi connectivity index (χ2n) is 5.66. The Morgan fingerprint density at radius 3 is 2.70 bits per heavy atom. The standard InChI is InChI=1S/C16H23Cl2NO/c1-3-9-19(2)10-8-15(12-4-5-12)20-16-11-13(17)6-7-14(16)18/h6-7,11-12,15H,3-5,8-10H2,1-2H3. The van der Waals surface area contributed by atoms with Gasteiger partial charge in [0, 0.05) is 17.6 Å². The maximum Gasteiger partial charge on any atom is 0.139 e. The molecule has 0 saturated heterocycles. The molecule has 0 radical (unpaired) electrons. The topological polar surface area (TPSA) is 12.5 Å². The molecule has 0 bridgehead atoms. The van der Waals surface area contributed by atoms with E-state index in [4.69, 9.17) is 27.9 Å². The number of halogens is 2. The molecule has 0 aromatic heterocycles. The van der Waals surface area contributed by atoms with E-state index in [-0.39, 0.29) is 6.10 Å². The van der Waals surface area contributed by atoms with Gasteiger partial charge in [-0.05, 0) is 57.3 Å². The maximum atomic E-state index is 6.18. The summed E-state index contributed by atoms with van der Waals surface area (Å²) >= 11 is 12.2. The Balaban J connectivity index is 1.93. The van der Waals surface area contributed by atoms with Gasteiger partial charge in [0.05, 0.1) is 5.02 Å². The number of hydrogen-bond donors (Lipinski definition) is 0. The van der Waals surface area contributed by atoms with Gasteiger partial charge in [-0.25, -0.2) is 0 Å². The van der Waals surface area contributed by atoms with Gasteiger partial charge < -0.3 is 9.64 Å². The third-order valence-electron chi connectivity index (χ3n) is 3.72. The molecule has 1 saturated carbocycles. The van der Waals surface area contributed by atoms with E-state index in [1.54, 1.807) is 12.1 Å². The molecule has 0 heterocycles. The minimum absolute atomic E-state index is 0.255. The van der Waals surface area contributed by atoms with Crippen molar-refractivity contribution < 1.29 is 4.74 Å². The van der Waals surface area contributed by atoms with Gasteiger partial charge in [0.25, 0.3) is 0 Å². The highest BCUT2D eigenvalue weighted by atomic mass is 35.5. The summed E-state index contributed by atoms with van der Waals surface area (Å²) in [5.74, 6) is 1.40. The van der Waals surface area contributed by atoms with Crippen molar-refractivity contribution in [2.24, 2.45) is 5.92 Å². The molecule has 2 nitrogen and oxygen atoms in total. The Kier molecular flexibility index (Phi) is 6.01. The molecule has 1 aromatic carbocycles. The Morgan fingerprint density at radius 2 is 2.05 bits per heavy atom. The van der Waals surface area contributed by atoms with Crippen molar-refractivity contribution in [1.82, 2.24) is 4.90 Å². The first-order chi connectivity index (χ1) is 9.60. The van der Waals surface area contributed by atoms with E-state index < -0.39 is 0 Å². The van der Waals surface area contributed by atoms with Crippen LogP contribution in [0.2, 0.25) is 10.0 Å². The van der Waals surface area contributed by atoms with Crippen LogP contribution >= 0.6 is 23.2 Å². The summed E-state index contributed by atoms with van der Waals surface area (Å²) < 4.78 is 6.14. The van der Waals surface area contributed by atoms with E-state index in [0.717, 1.165) is 19.5 Å². The van der Waals surface area contributed by atoms with Crippen LogP contribution in [0.25, 0.3) is 0 Å². The van der Waals surface area contributed by atoms with E-state index in [9.17, 15) is 0 Å². The number of nitrogens with zero attached hydrogens (tertiary/aromatic N) is 1. The molecule has 1 unspecified atom stereocenters. The van der Waals surface area contributed by atoms with Gasteiger partial charge in [0.15, 0.2) is 0 Å². The summed E-state index contributed by atoms with van der Waals surface area (Å²) in [6.45, 7) is 4.40. The minimum atomic E-state index is 0.255. The molecule has 1 fully saturated rings. The first-order valence-corrected chi connectivity index (χ1v) is 8.16. The van der Waals surface area contributed by atoms with Crippen molar-refractivity contribution in [3.05, 3.63) is 28.2 Å². The van der Waals surface area contributed by atoms with Gasteiger partial charge in [0.1, 0.15) is 11.9 Å². The van der Waals surface area contributed by atoms with E-state index in [0.29, 0.717) is 21.7 Å². The zero-order chi connectivity index (χ0) is 14.5. The van der Waals surface area contributed by atoms with Crippen molar-refractivity contribution >= 4 is 23.2 Å². The summed E-state index contributed by atoms with van der Waals surface area (Å²) in [6, 6.07) is 5.40. The summed E-state index contributed by atoms with van der Waals surface area (Å²) in [5.41, 5.74) is 0. The Labute approximate surface area is 132 Å². The second-order valence-corrected chi connectivity index (χ2v) is 6.50. The van der Waals surface area contributed by atoms with Gasteiger partial charge in [0.2, 0.25) is 0 Å². The molecule has 1 aromatic rings. The van der Waals surface area contributed by atoms with Gasteiger partial charge >= 0.3 is 0 Å². The molecule has 1 atom stereocenters. The van der Waals surface area contributed by atoms with Crippen LogP contribution < -0.4 is 4.74 Å². The maximum absolute atomic E-state index is 6.18. The minimum Gasteiger partial charge on any atom is -0.488 e. The van der Waals surface area contributed by atoms with Crippen LogP contribution in [0.5, 0.6) is 5.75 Å². The van der Waals surface area contributed by atoms with E-state index in [2.05, 4.69) is 18.9 Å². The molecule has 112 valence electrons. The zero-order valence-corrected chi connectivity index (χ0v) is 13.8. The van der Waals surface area contributed by atoms with E-state index >= 15 is 0 Å². The largest absolute Gasteiger partial charge is 0.488 e. The molecular weight excluding hydrogens is 293 g/mol. The fourth-order valence-corrected chi connectivity index (χ4v) is 2.75. The van der Waals surface area contributed by atoms with Crippen molar-refractivity contribution in [3.63, 3.8) is 0 Å². The fraction of sp³-hybridized carbons (Fsp3) is 0.625. The third-order valence-corrected chi connectivity index (χ3v) is 4.27. The van der Waals surface area contributed by atoms with Crippen LogP contribution in [0, 0.1) is 5.92 Å². The van der Waals surface area contributed by atoms with Gasteiger partial charge in [-0.2, -0.15) is 0 Å². The lowest BCUT2D eigenvalue weighted by atomic mass is 10.1. The lowest BCUT2D eigenvalue weighted by Gasteiger charge is -2.23. The average molecular weight is 316 g/mol. The first kappa shape index (κ1) is 15.9. The SMILES string of the molecule is CCCN(C)CCC(Oc1cc(Cl)ccc1Cl)C1CC1. The van der Waals surface area contributed by atoms with Crippen LogP contribution in [0.15, 0.2) is 18.2 Å². The number of benzene rings is 1. The number of hydrogen-bond acceptors (Lipinski definition) is 2. The Morgan fingerprint density at radius 1 is 1.30 bits per heavy atom. The molecule has 0 aliphatic heterocycles. The smallest absolute Gasteiger partial charge is 0.139 e. The quantitative estimate of drug-likeness (QED) is 0.677. The van der Waals surface area contributed by atoms with Crippen LogP contribution in [0.4, 0.5) is 0 Å². The summed E-state index contributed by atoms with van der Waals surface area (Å²) in [5, 5.41) is 1.31. The van der Waals surface area contributed by atoms with Gasteiger partial charge in [-0.15, -0.1) is 0 Å². The van der Waals surface area contributed by atoms with Crippen LogP contribution in [-0.4, -0.2) is 31.1 Å². The number of rotatable bonds is 8. The van der Waals surface area contributed by atoms with Crippen LogP contribution in [-0.2, 0) is 0 Å². The highest BCUT2D eigenvalue weighted by molar-refractivity contribution is 6.34. The monoisotopic (exact) mass is 315 g/mol. The molecule has 4 heteroatoms. The molecule has 0 spiro atoms. The van der Waals surface area contributed by atoms with Crippen LogP contribution in [0.3, 0.4) is 0 Å². The van der Waals surface area contributed by atoms with Crippen molar-refractivity contribution in [1.29, 1.82) is 0 Å². The highest BCUT2D eigenvalue weighted by Gasteiger charge is 2.33. The van der Waals surface area contributed by atoms with Gasteiger partial charge in [-0.1, -0.05) is 30.1 Å². The normalized spacial score (nSPS) is 16.4. The van der Waals surface area contributed by atoms with E-state index in [1.807, 2.05) is 6.07 Å². The lowest BCUT2D eigenvalue weighted by molar-refractivity contribution is 0.150. The lowest BCUT2D eigenvalue weighted by Crippen LogP contribution is -2.28. The Bertz CT molecular complexity index is 434. The van der Waals surface area contributed by atoms with Crippen LogP contribution in [0.1, 0.15) is 32.6 Å². The summed E-state index contributed by atoms with van der Waals surface area (Å²) in [6.07, 6.45) is 5.02. The van der Waals surface area contributed by atoms with Gasteiger partial charge in [-0.3, -0.25) is 0 Å². The molecule has 0 amide bonds. The second kappa shape index (κ2) is 7.53. The molecule has 0 N–H and O–H groups in total. The predicted molar refractivity (Wildman–Crippen MR) is 86.0 cm³/mol. The summed E-state index contributed by atoms with van der Waals surface area (Å²) in [7, 11) is 2.17. The van der Waals surface area contributed by atoms with E-state index in [1.165, 1.54) is 19.3 Å². The fourth-order valence-electron chi connectivity index (χ4n) is 2.43. The third kappa shape index (κ3) is 4.83. The van der Waals surface area contributed by atoms with Crippen molar-refractivity contribution in [2.75, 3.05) is 20.1 Å². The molecule has 20 heavy (non-hydrogen) atoms. The molecule has 1 aliphatic rings. The molecular formula is C16H23Cl2NO. The zero-order valence-electron chi connectivity index (χ0n) is 12.2. The first-order valence-electron chi connectivity index (χ1n) is 7.40. The summed E-state index contributed by atoms with van der Waals surface area (Å²) in [4.78, 5) is 2.36. The molecule has 1 aliphatic carbocycles. The number of ether oxygens (including phenoxy) is 1. The Hall–Kier alpha value is -0.440.